The summed E-state index contributed by atoms with van der Waals surface area (Å²) in [4.78, 5) is 19.1. The molecule has 0 atom stereocenters. The Bertz CT molecular complexity index is 4320. The summed E-state index contributed by atoms with van der Waals surface area (Å²) < 4.78 is 212. The van der Waals surface area contributed by atoms with E-state index in [0.29, 0.717) is 11.0 Å². The van der Waals surface area contributed by atoms with Crippen molar-refractivity contribution in [1.82, 2.24) is 19.9 Å². The van der Waals surface area contributed by atoms with Crippen molar-refractivity contribution in [2.75, 3.05) is 0 Å². The van der Waals surface area contributed by atoms with Crippen LogP contribution in [0.1, 0.15) is 71.9 Å². The van der Waals surface area contributed by atoms with Crippen LogP contribution in [0.3, 0.4) is 0 Å². The number of pyridine rings is 4. The number of halogens is 1. The predicted octanol–water partition coefficient (Wildman–Crippen LogP) is 20.6. The van der Waals surface area contributed by atoms with E-state index in [2.05, 4.69) is 124 Å². The Labute approximate surface area is 520 Å². The molecule has 0 aliphatic rings. The fraction of sp³-hybridized carbons (Fsp3) is 0. The van der Waals surface area contributed by atoms with Crippen LogP contribution in [-0.4, -0.2) is 45.5 Å². The zero-order valence-electron chi connectivity index (χ0n) is 80.9. The standard InChI is InChI=1S/C32H20N2O.C22H17BN2O2.C10H7BrO.B.H2S.21H2/c1-2-7-21(8-3-1)29-18-19-30(35-29)27-16-15-26(24-10-4-5-11-25(24)27)28-17-14-23-13-12-22-9-6-20-33-31(22)32(23)34-28;1-3-16-17(4-2)19(23(26)27)11-10-18(16)20-12-9-15-8-7-14-6-5-13-24-21(14)22(15)25-20;11-10-7-6-9(12-10)8-4-2-1-3-5-8;;;;;;;;;;;;;;;;;;;;;;;/h1-20H;3-13,26-27H,1-2H2;1-7H;;1H2;21*1H/i;;;;;20*1+1D;1+1. The van der Waals surface area contributed by atoms with Gasteiger partial charge in [-0.3, -0.25) is 9.97 Å². The van der Waals surface area contributed by atoms with Crippen molar-refractivity contribution in [3.05, 3.63) is 248 Å². The number of fused-ring (bicyclic) bond motifs is 7. The first-order valence-electron chi connectivity index (χ1n) is 43.9. The Balaban J connectivity index is -0.000000107. The third-order valence-corrected chi connectivity index (χ3v) is 13.3. The second kappa shape index (κ2) is 23.3. The molecule has 8 nitrogen and oxygen atoms in total. The molecule has 2 N–H and O–H groups in total. The molecule has 0 aliphatic carbocycles. The first-order chi connectivity index (χ1) is 56.3. The van der Waals surface area contributed by atoms with Crippen LogP contribution in [0.15, 0.2) is 245 Å². The lowest BCUT2D eigenvalue weighted by Gasteiger charge is -2.14. The van der Waals surface area contributed by atoms with E-state index < -0.39 is 7.12 Å². The van der Waals surface area contributed by atoms with Crippen molar-refractivity contribution in [3.63, 3.8) is 0 Å². The third kappa shape index (κ3) is 10.5. The average Bonchev–Trinajstić information content (AvgIpc) is 1.48. The molecule has 76 heavy (non-hydrogen) atoms. The minimum Gasteiger partial charge on any atom is -0.456 e. The van der Waals surface area contributed by atoms with Gasteiger partial charge in [-0.2, -0.15) is 13.5 Å². The first-order valence-corrected chi connectivity index (χ1v) is 24.7. The number of furan rings is 2. The van der Waals surface area contributed by atoms with E-state index in [1.165, 1.54) is 0 Å². The van der Waals surface area contributed by atoms with Gasteiger partial charge in [0.05, 0.1) is 33.5 Å². The van der Waals surface area contributed by atoms with Gasteiger partial charge in [-0.25, -0.2) is 9.97 Å². The van der Waals surface area contributed by atoms with Crippen molar-refractivity contribution in [3.8, 4) is 56.5 Å². The molecular formula is C64H88B2BrN4O4S. The Kier molecular flexibility index (Phi) is 9.99. The molecule has 6 heterocycles. The van der Waals surface area contributed by atoms with Crippen LogP contribution in [0.25, 0.3) is 123 Å². The summed E-state index contributed by atoms with van der Waals surface area (Å²) >= 11 is 3.26. The maximum absolute atomic E-state index is 9.63. The molecular weight excluding hydrogens is 1020 g/mol. The second-order valence-electron chi connectivity index (χ2n) is 17.3. The molecule has 0 saturated heterocycles. The van der Waals surface area contributed by atoms with Crippen molar-refractivity contribution < 1.29 is 79.7 Å². The van der Waals surface area contributed by atoms with Crippen LogP contribution >= 0.6 is 29.4 Å². The summed E-state index contributed by atoms with van der Waals surface area (Å²) in [5, 5.41) is 25.8. The zero-order valence-corrected chi connectivity index (χ0v) is 43.5. The largest absolute Gasteiger partial charge is 0.489 e. The summed E-state index contributed by atoms with van der Waals surface area (Å²) in [6, 6.07) is 68.8. The van der Waals surface area contributed by atoms with Gasteiger partial charge in [0.1, 0.15) is 17.3 Å². The highest BCUT2D eigenvalue weighted by molar-refractivity contribution is 9.10. The van der Waals surface area contributed by atoms with Crippen LogP contribution in [0.5, 0.6) is 0 Å². The Morgan fingerprint density at radius 3 is 1.42 bits per heavy atom. The molecule has 0 aliphatic heterocycles. The van der Waals surface area contributed by atoms with E-state index >= 15 is 0 Å². The molecule has 0 fully saturated rings. The highest BCUT2D eigenvalue weighted by atomic mass is 79.9. The molecule has 6 aromatic heterocycles. The number of nitrogens with zero attached hydrogens (tertiary/aromatic N) is 4. The molecule has 0 amide bonds. The summed E-state index contributed by atoms with van der Waals surface area (Å²) in [5.74, 6) is 2.61. The monoisotopic (exact) mass is 1150 g/mol. The summed E-state index contributed by atoms with van der Waals surface area (Å²) in [6.45, 7) is 7.70. The molecule has 3 radical (unpaired) electrons. The van der Waals surface area contributed by atoms with E-state index in [-0.39, 0.29) is 23.3 Å². The number of benzene rings is 7. The van der Waals surface area contributed by atoms with Crippen LogP contribution in [0, 0.1) is 0 Å². The van der Waals surface area contributed by atoms with Crippen molar-refractivity contribution in [1.29, 1.82) is 0 Å². The predicted molar refractivity (Wildman–Crippen MR) is 368 cm³/mol. The van der Waals surface area contributed by atoms with Crippen LogP contribution in [0.4, 0.5) is 0 Å². The lowest BCUT2D eigenvalue weighted by molar-refractivity contribution is 0.425. The van der Waals surface area contributed by atoms with Crippen molar-refractivity contribution >= 4 is 117 Å². The molecule has 0 bridgehead atoms. The summed E-state index contributed by atoms with van der Waals surface area (Å²) in [6.07, 6.45) is 6.88. The molecule has 13 rings (SSSR count). The molecule has 0 saturated carbocycles. The van der Waals surface area contributed by atoms with Gasteiger partial charge < -0.3 is 18.9 Å². The Morgan fingerprint density at radius 1 is 0.447 bits per heavy atom. The fourth-order valence-electron chi connectivity index (χ4n) is 9.35. The van der Waals surface area contributed by atoms with Crippen LogP contribution < -0.4 is 5.46 Å². The highest BCUT2D eigenvalue weighted by Gasteiger charge is 2.20. The van der Waals surface area contributed by atoms with Crippen molar-refractivity contribution in [2.24, 2.45) is 0 Å². The van der Waals surface area contributed by atoms with Gasteiger partial charge in [-0.05, 0) is 97.9 Å². The lowest BCUT2D eigenvalue weighted by atomic mass is 9.74. The number of hydrogen-bond acceptors (Lipinski definition) is 8. The third-order valence-electron chi connectivity index (χ3n) is 12.9. The summed E-state index contributed by atoms with van der Waals surface area (Å²) in [5.41, 5.74) is 12.2. The quantitative estimate of drug-likeness (QED) is 0.114. The number of rotatable bonds is 8. The van der Waals surface area contributed by atoms with Crippen LogP contribution in [-0.2, 0) is 0 Å². The number of aromatic nitrogens is 4. The first kappa shape index (κ1) is 32.6. The van der Waals surface area contributed by atoms with Gasteiger partial charge in [0, 0.05) is 131 Å². The maximum Gasteiger partial charge on any atom is 0.489 e. The van der Waals surface area contributed by atoms with Gasteiger partial charge >= 0.3 is 7.12 Å². The topological polar surface area (TPSA) is 118 Å². The maximum atomic E-state index is 9.63. The van der Waals surface area contributed by atoms with Gasteiger partial charge in [0.2, 0.25) is 0 Å². The van der Waals surface area contributed by atoms with Crippen LogP contribution in [0.2, 0.25) is 0 Å². The second-order valence-corrected chi connectivity index (χ2v) is 18.1. The van der Waals surface area contributed by atoms with Gasteiger partial charge in [0.15, 0.2) is 4.67 Å². The molecule has 12 heteroatoms. The van der Waals surface area contributed by atoms with Gasteiger partial charge in [-0.15, -0.1) is 0 Å². The van der Waals surface area contributed by atoms with E-state index in [4.69, 9.17) is 78.2 Å². The van der Waals surface area contributed by atoms with Crippen molar-refractivity contribution in [2.45, 2.75) is 0 Å². The molecule has 0 spiro atoms. The zero-order chi connectivity index (χ0) is 90.5. The molecule has 13 aromatic rings. The minimum absolute atomic E-state index is 0. The van der Waals surface area contributed by atoms with E-state index in [0.717, 1.165) is 121 Å². The Morgan fingerprint density at radius 2 is 0.895 bits per heavy atom. The smallest absolute Gasteiger partial charge is 0.456 e. The average molecular weight is 1150 g/mol. The van der Waals surface area contributed by atoms with E-state index in [1.54, 1.807) is 24.4 Å². The van der Waals surface area contributed by atoms with E-state index in [9.17, 15) is 10.0 Å². The molecule has 407 valence electrons. The molecule has 0 unspecified atom stereocenters. The Hall–Kier alpha value is -8.64. The van der Waals surface area contributed by atoms with Gasteiger partial charge in [-0.1, -0.05) is 177 Å². The van der Waals surface area contributed by atoms with Gasteiger partial charge in [0.25, 0.3) is 0 Å². The molecule has 7 aromatic carbocycles. The SMILES string of the molecule is Brc1ccc(-c2ccccc2)o1.C=Cc1c(B(O)O)ccc(-c2ccc3ccc4cccnc4c3n2)c1C=C.S.[2HH].[2H][2H].[2H][2H].[2H][2H].[2H][2H].[2H][2H].[2H][2H].[2H][2H].[2H][2H].[2H][2H].[2H][2H].[2H][2H].[2H][2H].[2H][2H].[2H][2H].[2H][2H].[2H][2H].[2H][2H].[2H][2H].[2H][2H].[2H][2H].[B].c1ccc(-c2ccc(-c3ccc(-c4ccc5ccc6cccnc6c5n4)c4ccccc34)o2)cc1. The van der Waals surface area contributed by atoms with E-state index in [1.807, 2.05) is 121 Å². The fourth-order valence-corrected chi connectivity index (χ4v) is 9.65. The highest BCUT2D eigenvalue weighted by Crippen LogP contribution is 2.38. The number of hydrogen-bond donors (Lipinski definition) is 2. The normalized spacial score (nSPS) is 12.8. The lowest BCUT2D eigenvalue weighted by Crippen LogP contribution is -2.32. The summed E-state index contributed by atoms with van der Waals surface area (Å²) in [7, 11) is -1.58. The minimum atomic E-state index is -1.58.